The summed E-state index contributed by atoms with van der Waals surface area (Å²) in [5.74, 6) is 1.85. The number of benzene rings is 1. The molecule has 0 spiro atoms. The van der Waals surface area contributed by atoms with Gasteiger partial charge in [0.15, 0.2) is 11.5 Å². The van der Waals surface area contributed by atoms with Crippen LogP contribution in [0.15, 0.2) is 18.2 Å². The van der Waals surface area contributed by atoms with Gasteiger partial charge in [-0.05, 0) is 24.5 Å². The monoisotopic (exact) mass is 264 g/mol. The van der Waals surface area contributed by atoms with Gasteiger partial charge in [0.2, 0.25) is 0 Å². The van der Waals surface area contributed by atoms with Gasteiger partial charge in [0.05, 0.1) is 5.69 Å². The SMILES string of the molecule is CC(C)CCNC(=O)Nc1cccc2c1OCCO2. The number of carbonyl (C=O) groups is 1. The number of urea groups is 1. The molecule has 5 heteroatoms. The molecular formula is C14H20N2O3. The second-order valence-electron chi connectivity index (χ2n) is 4.89. The predicted octanol–water partition coefficient (Wildman–Crippen LogP) is 2.63. The Balaban J connectivity index is 1.93. The van der Waals surface area contributed by atoms with Gasteiger partial charge < -0.3 is 20.1 Å². The number of rotatable bonds is 4. The lowest BCUT2D eigenvalue weighted by molar-refractivity contribution is 0.172. The lowest BCUT2D eigenvalue weighted by atomic mass is 10.1. The number of para-hydroxylation sites is 1. The van der Waals surface area contributed by atoms with E-state index in [-0.39, 0.29) is 6.03 Å². The van der Waals surface area contributed by atoms with Crippen LogP contribution >= 0.6 is 0 Å². The molecule has 2 rings (SSSR count). The minimum Gasteiger partial charge on any atom is -0.486 e. The number of amides is 2. The molecule has 0 bridgehead atoms. The number of nitrogens with one attached hydrogen (secondary N) is 2. The van der Waals surface area contributed by atoms with Crippen molar-refractivity contribution in [3.8, 4) is 11.5 Å². The molecule has 1 aliphatic heterocycles. The van der Waals surface area contributed by atoms with E-state index in [1.54, 1.807) is 6.07 Å². The number of fused-ring (bicyclic) bond motifs is 1. The lowest BCUT2D eigenvalue weighted by Crippen LogP contribution is -2.30. The Kier molecular flexibility index (Phi) is 4.49. The third-order valence-electron chi connectivity index (χ3n) is 2.82. The molecular weight excluding hydrogens is 244 g/mol. The van der Waals surface area contributed by atoms with Gasteiger partial charge >= 0.3 is 6.03 Å². The van der Waals surface area contributed by atoms with Gasteiger partial charge in [-0.25, -0.2) is 4.79 Å². The average Bonchev–Trinajstić information content (AvgIpc) is 2.39. The fourth-order valence-corrected chi connectivity index (χ4v) is 1.81. The normalized spacial score (nSPS) is 13.2. The van der Waals surface area contributed by atoms with Crippen LogP contribution in [0.1, 0.15) is 20.3 Å². The minimum absolute atomic E-state index is 0.219. The van der Waals surface area contributed by atoms with Crippen LogP contribution in [0.5, 0.6) is 11.5 Å². The van der Waals surface area contributed by atoms with E-state index in [4.69, 9.17) is 9.47 Å². The molecule has 0 atom stereocenters. The Hall–Kier alpha value is -1.91. The zero-order chi connectivity index (χ0) is 13.7. The summed E-state index contributed by atoms with van der Waals surface area (Å²) in [5, 5.41) is 5.61. The second-order valence-corrected chi connectivity index (χ2v) is 4.89. The van der Waals surface area contributed by atoms with Crippen molar-refractivity contribution in [2.24, 2.45) is 5.92 Å². The quantitative estimate of drug-likeness (QED) is 0.878. The Morgan fingerprint density at radius 2 is 2.11 bits per heavy atom. The van der Waals surface area contributed by atoms with Crippen molar-refractivity contribution in [3.63, 3.8) is 0 Å². The standard InChI is InChI=1S/C14H20N2O3/c1-10(2)6-7-15-14(17)16-11-4-3-5-12-13(11)19-9-8-18-12/h3-5,10H,6-9H2,1-2H3,(H2,15,16,17). The first-order valence-corrected chi connectivity index (χ1v) is 6.60. The van der Waals surface area contributed by atoms with Crippen molar-refractivity contribution in [1.29, 1.82) is 0 Å². The summed E-state index contributed by atoms with van der Waals surface area (Å²) in [5.41, 5.74) is 0.638. The molecule has 0 unspecified atom stereocenters. The highest BCUT2D eigenvalue weighted by atomic mass is 16.6. The van der Waals surface area contributed by atoms with Gasteiger partial charge in [-0.3, -0.25) is 0 Å². The van der Waals surface area contributed by atoms with E-state index in [0.717, 1.165) is 6.42 Å². The molecule has 2 N–H and O–H groups in total. The zero-order valence-electron chi connectivity index (χ0n) is 11.4. The molecule has 0 fully saturated rings. The summed E-state index contributed by atoms with van der Waals surface area (Å²) in [6, 6.07) is 5.24. The van der Waals surface area contributed by atoms with Crippen molar-refractivity contribution in [2.75, 3.05) is 25.1 Å². The smallest absolute Gasteiger partial charge is 0.319 e. The first kappa shape index (κ1) is 13.5. The fraction of sp³-hybridized carbons (Fsp3) is 0.500. The molecule has 19 heavy (non-hydrogen) atoms. The van der Waals surface area contributed by atoms with Gasteiger partial charge in [-0.2, -0.15) is 0 Å². The summed E-state index contributed by atoms with van der Waals surface area (Å²) in [6.07, 6.45) is 0.958. The maximum absolute atomic E-state index is 11.8. The molecule has 5 nitrogen and oxygen atoms in total. The van der Waals surface area contributed by atoms with Gasteiger partial charge in [0, 0.05) is 6.54 Å². The van der Waals surface area contributed by atoms with Crippen molar-refractivity contribution in [3.05, 3.63) is 18.2 Å². The molecule has 2 amide bonds. The molecule has 0 aliphatic carbocycles. The Morgan fingerprint density at radius 1 is 1.32 bits per heavy atom. The number of carbonyl (C=O) groups excluding carboxylic acids is 1. The van der Waals surface area contributed by atoms with Crippen LogP contribution in [-0.4, -0.2) is 25.8 Å². The van der Waals surface area contributed by atoms with Crippen LogP contribution in [0.2, 0.25) is 0 Å². The summed E-state index contributed by atoms with van der Waals surface area (Å²) < 4.78 is 11.0. The maximum atomic E-state index is 11.8. The highest BCUT2D eigenvalue weighted by Gasteiger charge is 2.16. The maximum Gasteiger partial charge on any atom is 0.319 e. The largest absolute Gasteiger partial charge is 0.486 e. The Labute approximate surface area is 113 Å². The van der Waals surface area contributed by atoms with E-state index in [1.165, 1.54) is 0 Å². The van der Waals surface area contributed by atoms with Crippen molar-refractivity contribution < 1.29 is 14.3 Å². The van der Waals surface area contributed by atoms with Crippen LogP contribution in [-0.2, 0) is 0 Å². The predicted molar refractivity (Wildman–Crippen MR) is 73.9 cm³/mol. The Morgan fingerprint density at radius 3 is 2.89 bits per heavy atom. The molecule has 0 saturated carbocycles. The third-order valence-corrected chi connectivity index (χ3v) is 2.82. The summed E-state index contributed by atoms with van der Waals surface area (Å²) in [6.45, 7) is 5.95. The lowest BCUT2D eigenvalue weighted by Gasteiger charge is -2.21. The molecule has 0 radical (unpaired) electrons. The van der Waals surface area contributed by atoms with Crippen LogP contribution in [0.4, 0.5) is 10.5 Å². The van der Waals surface area contributed by atoms with E-state index in [1.807, 2.05) is 12.1 Å². The van der Waals surface area contributed by atoms with Gasteiger partial charge in [-0.15, -0.1) is 0 Å². The molecule has 1 heterocycles. The van der Waals surface area contributed by atoms with Gasteiger partial charge in [-0.1, -0.05) is 19.9 Å². The van der Waals surface area contributed by atoms with E-state index >= 15 is 0 Å². The van der Waals surface area contributed by atoms with Crippen LogP contribution < -0.4 is 20.1 Å². The Bertz CT molecular complexity index is 446. The van der Waals surface area contributed by atoms with E-state index in [9.17, 15) is 4.79 Å². The first-order chi connectivity index (χ1) is 9.16. The van der Waals surface area contributed by atoms with Crippen LogP contribution in [0, 0.1) is 5.92 Å². The van der Waals surface area contributed by atoms with Crippen molar-refractivity contribution in [2.45, 2.75) is 20.3 Å². The summed E-state index contributed by atoms with van der Waals surface area (Å²) >= 11 is 0. The summed E-state index contributed by atoms with van der Waals surface area (Å²) in [4.78, 5) is 11.8. The van der Waals surface area contributed by atoms with E-state index < -0.39 is 0 Å². The van der Waals surface area contributed by atoms with E-state index in [0.29, 0.717) is 42.9 Å². The number of hydrogen-bond acceptors (Lipinski definition) is 3. The summed E-state index contributed by atoms with van der Waals surface area (Å²) in [7, 11) is 0. The van der Waals surface area contributed by atoms with Crippen LogP contribution in [0.25, 0.3) is 0 Å². The molecule has 104 valence electrons. The zero-order valence-corrected chi connectivity index (χ0v) is 11.4. The first-order valence-electron chi connectivity index (χ1n) is 6.60. The molecule has 0 aromatic heterocycles. The molecule has 1 aromatic rings. The third kappa shape index (κ3) is 3.77. The van der Waals surface area contributed by atoms with Crippen molar-refractivity contribution in [1.82, 2.24) is 5.32 Å². The molecule has 1 aliphatic rings. The van der Waals surface area contributed by atoms with Crippen LogP contribution in [0.3, 0.4) is 0 Å². The van der Waals surface area contributed by atoms with Gasteiger partial charge in [0.25, 0.3) is 0 Å². The fourth-order valence-electron chi connectivity index (χ4n) is 1.81. The van der Waals surface area contributed by atoms with Gasteiger partial charge in [0.1, 0.15) is 13.2 Å². The highest BCUT2D eigenvalue weighted by molar-refractivity contribution is 5.91. The minimum atomic E-state index is -0.219. The number of anilines is 1. The second kappa shape index (κ2) is 6.31. The topological polar surface area (TPSA) is 59.6 Å². The van der Waals surface area contributed by atoms with Crippen molar-refractivity contribution >= 4 is 11.7 Å². The molecule has 1 aromatic carbocycles. The number of hydrogen-bond donors (Lipinski definition) is 2. The number of ether oxygens (including phenoxy) is 2. The average molecular weight is 264 g/mol. The molecule has 0 saturated heterocycles. The highest BCUT2D eigenvalue weighted by Crippen LogP contribution is 2.37. The van der Waals surface area contributed by atoms with E-state index in [2.05, 4.69) is 24.5 Å².